The lowest BCUT2D eigenvalue weighted by Gasteiger charge is -2.16. The van der Waals surface area contributed by atoms with Crippen molar-refractivity contribution < 1.29 is 4.79 Å². The second kappa shape index (κ2) is 5.63. The number of hydrogen-bond donors (Lipinski definition) is 1. The molecule has 2 aromatic heterocycles. The van der Waals surface area contributed by atoms with Crippen LogP contribution in [-0.2, 0) is 0 Å². The second-order valence-corrected chi connectivity index (χ2v) is 5.73. The smallest absolute Gasteiger partial charge is 0.257 e. The third-order valence-corrected chi connectivity index (χ3v) is 3.87. The van der Waals surface area contributed by atoms with Gasteiger partial charge in [-0.1, -0.05) is 13.8 Å². The van der Waals surface area contributed by atoms with Crippen molar-refractivity contribution in [1.29, 1.82) is 0 Å². The van der Waals surface area contributed by atoms with E-state index in [0.29, 0.717) is 18.0 Å². The fraction of sp³-hybridized carbons (Fsp3) is 0.467. The van der Waals surface area contributed by atoms with Gasteiger partial charge >= 0.3 is 0 Å². The highest BCUT2D eigenvalue weighted by Crippen LogP contribution is 2.26. The van der Waals surface area contributed by atoms with Crippen LogP contribution in [0.1, 0.15) is 54.0 Å². The van der Waals surface area contributed by atoms with Gasteiger partial charge in [-0.3, -0.25) is 9.89 Å². The summed E-state index contributed by atoms with van der Waals surface area (Å²) in [4.78, 5) is 22.9. The lowest BCUT2D eigenvalue weighted by atomic mass is 10.1. The van der Waals surface area contributed by atoms with E-state index in [9.17, 15) is 4.79 Å². The molecule has 6 nitrogen and oxygen atoms in total. The van der Waals surface area contributed by atoms with Gasteiger partial charge in [-0.15, -0.1) is 0 Å². The van der Waals surface area contributed by atoms with Crippen molar-refractivity contribution in [2.45, 2.75) is 32.1 Å². The first-order chi connectivity index (χ1) is 10.1. The lowest BCUT2D eigenvalue weighted by molar-refractivity contribution is 0.0789. The van der Waals surface area contributed by atoms with Crippen LogP contribution in [0.5, 0.6) is 0 Å². The number of rotatable bonds is 3. The minimum atomic E-state index is 0.00678. The molecule has 0 aromatic carbocycles. The number of likely N-dealkylation sites (tertiary alicyclic amines) is 1. The highest BCUT2D eigenvalue weighted by atomic mass is 16.2. The van der Waals surface area contributed by atoms with Gasteiger partial charge in [0.1, 0.15) is 5.82 Å². The summed E-state index contributed by atoms with van der Waals surface area (Å²) in [5, 5.41) is 6.96. The predicted molar refractivity (Wildman–Crippen MR) is 78.0 cm³/mol. The van der Waals surface area contributed by atoms with Crippen LogP contribution in [-0.4, -0.2) is 44.1 Å². The Bertz CT molecular complexity index is 606. The molecule has 6 heteroatoms. The molecule has 0 bridgehead atoms. The van der Waals surface area contributed by atoms with Crippen LogP contribution >= 0.6 is 0 Å². The predicted octanol–water partition coefficient (Wildman–Crippen LogP) is 1.95. The van der Waals surface area contributed by atoms with Crippen LogP contribution in [0, 0.1) is 0 Å². The first-order valence-corrected chi connectivity index (χ1v) is 7.25. The number of aromatic amines is 1. The van der Waals surface area contributed by atoms with Crippen molar-refractivity contribution in [2.24, 2.45) is 0 Å². The van der Waals surface area contributed by atoms with Crippen LogP contribution in [0.4, 0.5) is 0 Å². The SMILES string of the molecule is CC(C)c1ncc(C(=O)N2CC[C@H](c3ccn[nH]3)C2)cn1. The second-order valence-electron chi connectivity index (χ2n) is 5.73. The fourth-order valence-electron chi connectivity index (χ4n) is 2.62. The van der Waals surface area contributed by atoms with Crippen LogP contribution < -0.4 is 0 Å². The van der Waals surface area contributed by atoms with E-state index < -0.39 is 0 Å². The summed E-state index contributed by atoms with van der Waals surface area (Å²) in [6.07, 6.45) is 5.97. The van der Waals surface area contributed by atoms with E-state index in [1.54, 1.807) is 18.6 Å². The third-order valence-electron chi connectivity index (χ3n) is 3.87. The largest absolute Gasteiger partial charge is 0.338 e. The van der Waals surface area contributed by atoms with E-state index in [0.717, 1.165) is 24.5 Å². The number of H-pyrrole nitrogens is 1. The van der Waals surface area contributed by atoms with Crippen molar-refractivity contribution in [1.82, 2.24) is 25.1 Å². The van der Waals surface area contributed by atoms with Crippen molar-refractivity contribution in [3.63, 3.8) is 0 Å². The molecule has 21 heavy (non-hydrogen) atoms. The van der Waals surface area contributed by atoms with Gasteiger partial charge in [-0.05, 0) is 12.5 Å². The summed E-state index contributed by atoms with van der Waals surface area (Å²) in [6, 6.07) is 1.97. The molecule has 1 atom stereocenters. The molecule has 2 aromatic rings. The summed E-state index contributed by atoms with van der Waals surface area (Å²) < 4.78 is 0. The molecule has 0 aliphatic carbocycles. The van der Waals surface area contributed by atoms with Gasteiger partial charge in [0, 0.05) is 49.2 Å². The van der Waals surface area contributed by atoms with E-state index in [1.165, 1.54) is 0 Å². The van der Waals surface area contributed by atoms with Crippen molar-refractivity contribution >= 4 is 5.91 Å². The maximum Gasteiger partial charge on any atom is 0.257 e. The summed E-state index contributed by atoms with van der Waals surface area (Å²) in [5.74, 6) is 1.38. The van der Waals surface area contributed by atoms with Gasteiger partial charge in [-0.2, -0.15) is 5.10 Å². The number of carbonyl (C=O) groups excluding carboxylic acids is 1. The zero-order valence-corrected chi connectivity index (χ0v) is 12.3. The molecular formula is C15H19N5O. The number of nitrogens with one attached hydrogen (secondary N) is 1. The van der Waals surface area contributed by atoms with Crippen LogP contribution in [0.25, 0.3) is 0 Å². The number of amides is 1. The van der Waals surface area contributed by atoms with Crippen molar-refractivity contribution in [3.8, 4) is 0 Å². The van der Waals surface area contributed by atoms with E-state index in [4.69, 9.17) is 0 Å². The summed E-state index contributed by atoms with van der Waals surface area (Å²) in [7, 11) is 0. The monoisotopic (exact) mass is 285 g/mol. The highest BCUT2D eigenvalue weighted by Gasteiger charge is 2.29. The highest BCUT2D eigenvalue weighted by molar-refractivity contribution is 5.93. The average Bonchev–Trinajstić information content (AvgIpc) is 3.17. The first kappa shape index (κ1) is 13.7. The van der Waals surface area contributed by atoms with E-state index in [1.807, 2.05) is 24.8 Å². The van der Waals surface area contributed by atoms with Gasteiger partial charge in [0.2, 0.25) is 0 Å². The third kappa shape index (κ3) is 2.79. The molecular weight excluding hydrogens is 266 g/mol. The molecule has 0 spiro atoms. The van der Waals surface area contributed by atoms with Crippen LogP contribution in [0.2, 0.25) is 0 Å². The summed E-state index contributed by atoms with van der Waals surface area (Å²) in [6.45, 7) is 5.54. The van der Waals surface area contributed by atoms with Gasteiger partial charge < -0.3 is 4.90 Å². The van der Waals surface area contributed by atoms with Gasteiger partial charge in [0.05, 0.1) is 5.56 Å². The molecule has 3 rings (SSSR count). The number of aromatic nitrogens is 4. The zero-order valence-electron chi connectivity index (χ0n) is 12.3. The Kier molecular flexibility index (Phi) is 3.68. The lowest BCUT2D eigenvalue weighted by Crippen LogP contribution is -2.28. The standard InChI is InChI=1S/C15H19N5O/c1-10(2)14-16-7-12(8-17-14)15(21)20-6-4-11(9-20)13-3-5-18-19-13/h3,5,7-8,10-11H,4,6,9H2,1-2H3,(H,18,19)/t11-/m0/s1. The maximum absolute atomic E-state index is 12.5. The van der Waals surface area contributed by atoms with Crippen LogP contribution in [0.3, 0.4) is 0 Å². The molecule has 1 N–H and O–H groups in total. The normalized spacial score (nSPS) is 18.4. The van der Waals surface area contributed by atoms with Crippen molar-refractivity contribution in [3.05, 3.63) is 41.7 Å². The fourth-order valence-corrected chi connectivity index (χ4v) is 2.62. The molecule has 1 aliphatic heterocycles. The molecule has 0 radical (unpaired) electrons. The topological polar surface area (TPSA) is 74.8 Å². The Labute approximate surface area is 123 Å². The molecule has 3 heterocycles. The first-order valence-electron chi connectivity index (χ1n) is 7.25. The molecule has 110 valence electrons. The summed E-state index contributed by atoms with van der Waals surface area (Å²) >= 11 is 0. The zero-order chi connectivity index (χ0) is 14.8. The Morgan fingerprint density at radius 2 is 2.14 bits per heavy atom. The Hall–Kier alpha value is -2.24. The average molecular weight is 285 g/mol. The number of hydrogen-bond acceptors (Lipinski definition) is 4. The minimum Gasteiger partial charge on any atom is -0.338 e. The Morgan fingerprint density at radius 3 is 2.76 bits per heavy atom. The van der Waals surface area contributed by atoms with E-state index in [2.05, 4.69) is 20.2 Å². The molecule has 1 fully saturated rings. The molecule has 1 saturated heterocycles. The minimum absolute atomic E-state index is 0.00678. The van der Waals surface area contributed by atoms with Gasteiger partial charge in [-0.25, -0.2) is 9.97 Å². The number of nitrogens with zero attached hydrogens (tertiary/aromatic N) is 4. The maximum atomic E-state index is 12.5. The van der Waals surface area contributed by atoms with E-state index >= 15 is 0 Å². The molecule has 1 aliphatic rings. The van der Waals surface area contributed by atoms with E-state index in [-0.39, 0.29) is 11.8 Å². The van der Waals surface area contributed by atoms with Crippen LogP contribution in [0.15, 0.2) is 24.7 Å². The van der Waals surface area contributed by atoms with Gasteiger partial charge in [0.15, 0.2) is 0 Å². The molecule has 1 amide bonds. The van der Waals surface area contributed by atoms with Gasteiger partial charge in [0.25, 0.3) is 5.91 Å². The molecule has 0 unspecified atom stereocenters. The Morgan fingerprint density at radius 1 is 1.38 bits per heavy atom. The summed E-state index contributed by atoms with van der Waals surface area (Å²) in [5.41, 5.74) is 1.65. The number of carbonyl (C=O) groups is 1. The quantitative estimate of drug-likeness (QED) is 0.935. The Balaban J connectivity index is 1.68. The van der Waals surface area contributed by atoms with Crippen molar-refractivity contribution in [2.75, 3.05) is 13.1 Å². The molecule has 0 saturated carbocycles.